The summed E-state index contributed by atoms with van der Waals surface area (Å²) in [5, 5.41) is 0. The number of hydrogen-bond acceptors (Lipinski definition) is 5. The van der Waals surface area contributed by atoms with Crippen LogP contribution in [0.15, 0.2) is 0 Å². The second-order valence-corrected chi connectivity index (χ2v) is 9.51. The summed E-state index contributed by atoms with van der Waals surface area (Å²) in [6.45, 7) is 6.21. The summed E-state index contributed by atoms with van der Waals surface area (Å²) >= 11 is 0. The van der Waals surface area contributed by atoms with Gasteiger partial charge in [-0.05, 0) is 81.5 Å². The molecule has 4 fully saturated rings. The molecule has 4 rings (SSSR count). The van der Waals surface area contributed by atoms with E-state index in [0.29, 0.717) is 29.8 Å². The van der Waals surface area contributed by atoms with E-state index in [1.165, 1.54) is 0 Å². The quantitative estimate of drug-likeness (QED) is 0.606. The second kappa shape index (κ2) is 7.97. The van der Waals surface area contributed by atoms with E-state index in [2.05, 4.69) is 20.8 Å². The van der Waals surface area contributed by atoms with Crippen LogP contribution in [0, 0.1) is 29.6 Å². The van der Waals surface area contributed by atoms with Crippen molar-refractivity contribution in [1.82, 2.24) is 0 Å². The maximum Gasteiger partial charge on any atom is 0.344 e. The zero-order chi connectivity index (χ0) is 19.9. The van der Waals surface area contributed by atoms with Crippen molar-refractivity contribution in [3.8, 4) is 0 Å². The standard InChI is InChI=1S/C23H36O5/c1-4-17-20-14-11-15(21(20)18(5-2)27-17)16(12-14)22(25)26-13-19(24)28-23(6-3)9-7-8-10-23/h14-18,20-21H,4-13H2,1-3H3. The van der Waals surface area contributed by atoms with Crippen LogP contribution in [-0.2, 0) is 23.8 Å². The predicted molar refractivity (Wildman–Crippen MR) is 104 cm³/mol. The average molecular weight is 393 g/mol. The molecule has 7 atom stereocenters. The van der Waals surface area contributed by atoms with Crippen LogP contribution in [0.25, 0.3) is 0 Å². The van der Waals surface area contributed by atoms with Crippen LogP contribution >= 0.6 is 0 Å². The van der Waals surface area contributed by atoms with Gasteiger partial charge in [0.15, 0.2) is 6.61 Å². The lowest BCUT2D eigenvalue weighted by atomic mass is 9.70. The summed E-state index contributed by atoms with van der Waals surface area (Å²) in [5.41, 5.74) is -0.326. The summed E-state index contributed by atoms with van der Waals surface area (Å²) in [6, 6.07) is 0. The lowest BCUT2D eigenvalue weighted by molar-refractivity contribution is -0.172. The van der Waals surface area contributed by atoms with Gasteiger partial charge in [0.2, 0.25) is 0 Å². The van der Waals surface area contributed by atoms with Crippen molar-refractivity contribution < 1.29 is 23.8 Å². The lowest BCUT2D eigenvalue weighted by Gasteiger charge is -2.32. The van der Waals surface area contributed by atoms with Gasteiger partial charge in [-0.1, -0.05) is 20.8 Å². The Labute approximate surface area is 168 Å². The maximum atomic E-state index is 12.8. The molecule has 5 heteroatoms. The van der Waals surface area contributed by atoms with Gasteiger partial charge in [-0.3, -0.25) is 4.79 Å². The molecule has 0 N–H and O–H groups in total. The Hall–Kier alpha value is -1.10. The highest BCUT2D eigenvalue weighted by Crippen LogP contribution is 2.62. The summed E-state index contributed by atoms with van der Waals surface area (Å²) < 4.78 is 17.5. The van der Waals surface area contributed by atoms with Crippen LogP contribution in [0.5, 0.6) is 0 Å². The molecule has 3 aliphatic carbocycles. The van der Waals surface area contributed by atoms with E-state index < -0.39 is 0 Å². The van der Waals surface area contributed by atoms with Crippen molar-refractivity contribution in [3.63, 3.8) is 0 Å². The fraction of sp³-hybridized carbons (Fsp3) is 0.913. The SMILES string of the molecule is CCC1OC(CC)C2C3CC(CC3C(=O)OCC(=O)OC3(CC)CCCC3)C12. The fourth-order valence-corrected chi connectivity index (χ4v) is 6.99. The number of ether oxygens (including phenoxy) is 3. The van der Waals surface area contributed by atoms with E-state index in [1.54, 1.807) is 0 Å². The number of carbonyl (C=O) groups is 2. The van der Waals surface area contributed by atoms with Gasteiger partial charge in [-0.15, -0.1) is 0 Å². The molecule has 2 bridgehead atoms. The zero-order valence-electron chi connectivity index (χ0n) is 17.7. The first kappa shape index (κ1) is 20.2. The highest BCUT2D eigenvalue weighted by atomic mass is 16.6. The minimum Gasteiger partial charge on any atom is -0.457 e. The Morgan fingerprint density at radius 2 is 1.68 bits per heavy atom. The van der Waals surface area contributed by atoms with Crippen molar-refractivity contribution in [2.45, 2.75) is 96.4 Å². The molecule has 4 aliphatic rings. The largest absolute Gasteiger partial charge is 0.457 e. The van der Waals surface area contributed by atoms with Gasteiger partial charge < -0.3 is 14.2 Å². The molecule has 5 nitrogen and oxygen atoms in total. The molecule has 0 aromatic rings. The van der Waals surface area contributed by atoms with Gasteiger partial charge in [0, 0.05) is 0 Å². The van der Waals surface area contributed by atoms with Crippen molar-refractivity contribution in [1.29, 1.82) is 0 Å². The third kappa shape index (κ3) is 3.38. The van der Waals surface area contributed by atoms with E-state index >= 15 is 0 Å². The van der Waals surface area contributed by atoms with Gasteiger partial charge >= 0.3 is 11.9 Å². The topological polar surface area (TPSA) is 61.8 Å². The smallest absolute Gasteiger partial charge is 0.344 e. The monoisotopic (exact) mass is 392 g/mol. The van der Waals surface area contributed by atoms with Crippen LogP contribution < -0.4 is 0 Å². The molecular formula is C23H36O5. The van der Waals surface area contributed by atoms with E-state index in [9.17, 15) is 9.59 Å². The number of hydrogen-bond donors (Lipinski definition) is 0. The molecule has 0 amide bonds. The molecule has 1 heterocycles. The second-order valence-electron chi connectivity index (χ2n) is 9.51. The van der Waals surface area contributed by atoms with E-state index in [0.717, 1.165) is 57.8 Å². The van der Waals surface area contributed by atoms with Gasteiger partial charge in [0.1, 0.15) is 5.60 Å². The first-order valence-electron chi connectivity index (χ1n) is 11.6. The molecule has 3 saturated carbocycles. The van der Waals surface area contributed by atoms with Crippen LogP contribution in [0.3, 0.4) is 0 Å². The molecule has 1 saturated heterocycles. The molecule has 7 unspecified atom stereocenters. The summed E-state index contributed by atoms with van der Waals surface area (Å²) in [6.07, 6.45) is 9.61. The summed E-state index contributed by atoms with van der Waals surface area (Å²) in [7, 11) is 0. The van der Waals surface area contributed by atoms with Crippen LogP contribution in [0.2, 0.25) is 0 Å². The zero-order valence-corrected chi connectivity index (χ0v) is 17.7. The molecule has 28 heavy (non-hydrogen) atoms. The molecule has 0 aromatic heterocycles. The minimum absolute atomic E-state index is 0.0704. The van der Waals surface area contributed by atoms with E-state index in [4.69, 9.17) is 14.2 Å². The number of rotatable bonds is 7. The maximum absolute atomic E-state index is 12.8. The third-order valence-corrected chi connectivity index (χ3v) is 8.27. The minimum atomic E-state index is -0.389. The van der Waals surface area contributed by atoms with Gasteiger partial charge in [-0.2, -0.15) is 0 Å². The van der Waals surface area contributed by atoms with E-state index in [1.807, 2.05) is 0 Å². The van der Waals surface area contributed by atoms with Crippen molar-refractivity contribution in [3.05, 3.63) is 0 Å². The Balaban J connectivity index is 1.32. The normalized spacial score (nSPS) is 40.5. The van der Waals surface area contributed by atoms with E-state index in [-0.39, 0.29) is 36.2 Å². The Bertz CT molecular complexity index is 596. The first-order chi connectivity index (χ1) is 13.5. The van der Waals surface area contributed by atoms with Crippen LogP contribution in [0.1, 0.15) is 78.6 Å². The van der Waals surface area contributed by atoms with Gasteiger partial charge in [0.05, 0.1) is 18.1 Å². The molecule has 0 aromatic carbocycles. The van der Waals surface area contributed by atoms with Crippen LogP contribution in [0.4, 0.5) is 0 Å². The van der Waals surface area contributed by atoms with Gasteiger partial charge in [0.25, 0.3) is 0 Å². The lowest BCUT2D eigenvalue weighted by Crippen LogP contribution is -2.38. The Morgan fingerprint density at radius 1 is 1.00 bits per heavy atom. The highest BCUT2D eigenvalue weighted by molar-refractivity contribution is 5.78. The molecule has 158 valence electrons. The van der Waals surface area contributed by atoms with Gasteiger partial charge in [-0.25, -0.2) is 4.79 Å². The fourth-order valence-electron chi connectivity index (χ4n) is 6.99. The van der Waals surface area contributed by atoms with Crippen molar-refractivity contribution in [2.75, 3.05) is 6.61 Å². The third-order valence-electron chi connectivity index (χ3n) is 8.27. The molecule has 0 radical (unpaired) electrons. The Morgan fingerprint density at radius 3 is 2.32 bits per heavy atom. The molecular weight excluding hydrogens is 356 g/mol. The van der Waals surface area contributed by atoms with Crippen molar-refractivity contribution in [2.24, 2.45) is 29.6 Å². The predicted octanol–water partition coefficient (Wildman–Crippen LogP) is 4.27. The first-order valence-corrected chi connectivity index (χ1v) is 11.6. The van der Waals surface area contributed by atoms with Crippen molar-refractivity contribution >= 4 is 11.9 Å². The number of fused-ring (bicyclic) bond motifs is 5. The van der Waals surface area contributed by atoms with Crippen LogP contribution in [-0.4, -0.2) is 36.4 Å². The number of carbonyl (C=O) groups excluding carboxylic acids is 2. The highest BCUT2D eigenvalue weighted by Gasteiger charge is 2.62. The number of esters is 2. The summed E-state index contributed by atoms with van der Waals surface area (Å²) in [5.74, 6) is 1.37. The molecule has 0 spiro atoms. The summed E-state index contributed by atoms with van der Waals surface area (Å²) in [4.78, 5) is 25.1. The molecule has 1 aliphatic heterocycles. The Kier molecular flexibility index (Phi) is 5.74. The average Bonchev–Trinajstić information content (AvgIpc) is 3.46.